The molecule has 3 nitrogen and oxygen atoms in total. The number of H-pyrrole nitrogens is 1. The average Bonchev–Trinajstić information content (AvgIpc) is 2.84. The molecule has 19 heavy (non-hydrogen) atoms. The summed E-state index contributed by atoms with van der Waals surface area (Å²) in [6.07, 6.45) is 0. The third kappa shape index (κ3) is 2.36. The maximum atomic E-state index is 5.66. The summed E-state index contributed by atoms with van der Waals surface area (Å²) in [6, 6.07) is 13.9. The van der Waals surface area contributed by atoms with Crippen LogP contribution in [0.2, 0.25) is 0 Å². The number of nitrogens with one attached hydrogen (secondary N) is 1. The molecule has 0 unspecified atom stereocenters. The number of ether oxygens (including phenoxy) is 1. The summed E-state index contributed by atoms with van der Waals surface area (Å²) in [7, 11) is 0. The van der Waals surface area contributed by atoms with Crippen LogP contribution in [-0.4, -0.2) is 16.6 Å². The molecule has 0 bridgehead atoms. The fourth-order valence-electron chi connectivity index (χ4n) is 2.05. The molecule has 1 heterocycles. The highest BCUT2D eigenvalue weighted by atomic mass is 79.9. The van der Waals surface area contributed by atoms with Gasteiger partial charge in [-0.1, -0.05) is 28.1 Å². The summed E-state index contributed by atoms with van der Waals surface area (Å²) in [4.78, 5) is 7.94. The summed E-state index contributed by atoms with van der Waals surface area (Å²) >= 11 is 3.49. The van der Waals surface area contributed by atoms with E-state index in [1.807, 2.05) is 49.4 Å². The molecule has 96 valence electrons. The zero-order valence-electron chi connectivity index (χ0n) is 10.5. The van der Waals surface area contributed by atoms with Crippen LogP contribution in [0.1, 0.15) is 6.92 Å². The van der Waals surface area contributed by atoms with E-state index in [-0.39, 0.29) is 0 Å². The highest BCUT2D eigenvalue weighted by molar-refractivity contribution is 9.10. The van der Waals surface area contributed by atoms with Crippen molar-refractivity contribution in [2.24, 2.45) is 0 Å². The van der Waals surface area contributed by atoms with Crippen LogP contribution in [0.5, 0.6) is 5.75 Å². The maximum absolute atomic E-state index is 5.66. The largest absolute Gasteiger partial charge is 0.493 e. The van der Waals surface area contributed by atoms with Gasteiger partial charge in [0.1, 0.15) is 11.6 Å². The fourth-order valence-corrected chi connectivity index (χ4v) is 2.41. The van der Waals surface area contributed by atoms with Gasteiger partial charge in [0.2, 0.25) is 0 Å². The van der Waals surface area contributed by atoms with Crippen molar-refractivity contribution in [2.75, 3.05) is 6.61 Å². The van der Waals surface area contributed by atoms with Crippen LogP contribution < -0.4 is 4.74 Å². The van der Waals surface area contributed by atoms with Crippen molar-refractivity contribution in [2.45, 2.75) is 6.92 Å². The lowest BCUT2D eigenvalue weighted by atomic mass is 10.2. The minimum atomic E-state index is 0.634. The van der Waals surface area contributed by atoms with E-state index in [0.717, 1.165) is 32.6 Å². The van der Waals surface area contributed by atoms with Crippen molar-refractivity contribution in [1.82, 2.24) is 9.97 Å². The van der Waals surface area contributed by atoms with Crippen molar-refractivity contribution in [3.63, 3.8) is 0 Å². The van der Waals surface area contributed by atoms with E-state index in [4.69, 9.17) is 4.74 Å². The van der Waals surface area contributed by atoms with Crippen molar-refractivity contribution in [3.8, 4) is 17.1 Å². The SMILES string of the molecule is CCOc1ccc(Br)cc1-c1nc2ccccc2[nH]1. The number of hydrogen-bond acceptors (Lipinski definition) is 2. The molecule has 0 amide bonds. The monoisotopic (exact) mass is 316 g/mol. The van der Waals surface area contributed by atoms with Crippen molar-refractivity contribution >= 4 is 27.0 Å². The Bertz CT molecular complexity index is 688. The first kappa shape index (κ1) is 12.2. The summed E-state index contributed by atoms with van der Waals surface area (Å²) in [5.74, 6) is 1.66. The summed E-state index contributed by atoms with van der Waals surface area (Å²) in [6.45, 7) is 2.61. The van der Waals surface area contributed by atoms with E-state index in [1.165, 1.54) is 0 Å². The second-order valence-electron chi connectivity index (χ2n) is 4.18. The normalized spacial score (nSPS) is 10.8. The Morgan fingerprint density at radius 1 is 1.21 bits per heavy atom. The number of aromatic amines is 1. The van der Waals surface area contributed by atoms with Gasteiger partial charge in [0.25, 0.3) is 0 Å². The molecule has 4 heteroatoms. The maximum Gasteiger partial charge on any atom is 0.142 e. The van der Waals surface area contributed by atoms with Gasteiger partial charge in [0.15, 0.2) is 0 Å². The number of imidazole rings is 1. The highest BCUT2D eigenvalue weighted by Gasteiger charge is 2.11. The number of aromatic nitrogens is 2. The molecule has 2 aromatic carbocycles. The van der Waals surface area contributed by atoms with Gasteiger partial charge in [-0.2, -0.15) is 0 Å². The van der Waals surface area contributed by atoms with Crippen molar-refractivity contribution in [1.29, 1.82) is 0 Å². The third-order valence-electron chi connectivity index (χ3n) is 2.89. The summed E-state index contributed by atoms with van der Waals surface area (Å²) in [5, 5.41) is 0. The Balaban J connectivity index is 2.16. The number of nitrogens with zero attached hydrogens (tertiary/aromatic N) is 1. The number of para-hydroxylation sites is 2. The zero-order valence-corrected chi connectivity index (χ0v) is 12.1. The van der Waals surface area contributed by atoms with Gasteiger partial charge in [-0.05, 0) is 37.3 Å². The first-order valence-corrected chi connectivity index (χ1v) is 6.94. The number of hydrogen-bond donors (Lipinski definition) is 1. The molecule has 0 spiro atoms. The van der Waals surface area contributed by atoms with Crippen LogP contribution in [0.15, 0.2) is 46.9 Å². The van der Waals surface area contributed by atoms with Crippen LogP contribution in [-0.2, 0) is 0 Å². The molecule has 0 aliphatic rings. The lowest BCUT2D eigenvalue weighted by molar-refractivity contribution is 0.341. The molecule has 0 aliphatic heterocycles. The number of fused-ring (bicyclic) bond motifs is 1. The predicted octanol–water partition coefficient (Wildman–Crippen LogP) is 4.39. The molecule has 0 fully saturated rings. The fraction of sp³-hybridized carbons (Fsp3) is 0.133. The predicted molar refractivity (Wildman–Crippen MR) is 80.4 cm³/mol. The lowest BCUT2D eigenvalue weighted by Gasteiger charge is -2.08. The zero-order chi connectivity index (χ0) is 13.2. The molecule has 0 atom stereocenters. The third-order valence-corrected chi connectivity index (χ3v) is 3.38. The van der Waals surface area contributed by atoms with Crippen LogP contribution in [0, 0.1) is 0 Å². The highest BCUT2D eigenvalue weighted by Crippen LogP contribution is 2.32. The van der Waals surface area contributed by atoms with Gasteiger partial charge in [0.05, 0.1) is 23.2 Å². The molecule has 1 aromatic heterocycles. The Kier molecular flexibility index (Phi) is 3.25. The summed E-state index contributed by atoms with van der Waals surface area (Å²) < 4.78 is 6.67. The number of rotatable bonds is 3. The molecule has 0 radical (unpaired) electrons. The van der Waals surface area contributed by atoms with E-state index in [9.17, 15) is 0 Å². The minimum Gasteiger partial charge on any atom is -0.493 e. The standard InChI is InChI=1S/C15H13BrN2O/c1-2-19-14-8-7-10(16)9-11(14)15-17-12-5-3-4-6-13(12)18-15/h3-9H,2H2,1H3,(H,17,18). The molecule has 1 N–H and O–H groups in total. The molecule has 0 saturated heterocycles. The van der Waals surface area contributed by atoms with Gasteiger partial charge < -0.3 is 9.72 Å². The van der Waals surface area contributed by atoms with Crippen LogP contribution in [0.3, 0.4) is 0 Å². The Morgan fingerprint density at radius 2 is 2.05 bits per heavy atom. The molecule has 0 aliphatic carbocycles. The van der Waals surface area contributed by atoms with Crippen LogP contribution in [0.4, 0.5) is 0 Å². The van der Waals surface area contributed by atoms with Gasteiger partial charge in [0, 0.05) is 4.47 Å². The first-order chi connectivity index (χ1) is 9.28. The van der Waals surface area contributed by atoms with Gasteiger partial charge in [-0.3, -0.25) is 0 Å². The van der Waals surface area contributed by atoms with E-state index < -0.39 is 0 Å². The smallest absolute Gasteiger partial charge is 0.142 e. The van der Waals surface area contributed by atoms with Crippen LogP contribution >= 0.6 is 15.9 Å². The average molecular weight is 317 g/mol. The van der Waals surface area contributed by atoms with Crippen LogP contribution in [0.25, 0.3) is 22.4 Å². The molecule has 3 aromatic rings. The van der Waals surface area contributed by atoms with E-state index in [0.29, 0.717) is 6.61 Å². The van der Waals surface area contributed by atoms with Gasteiger partial charge in [-0.15, -0.1) is 0 Å². The Morgan fingerprint density at radius 3 is 2.84 bits per heavy atom. The number of halogens is 1. The molecule has 0 saturated carbocycles. The number of benzene rings is 2. The minimum absolute atomic E-state index is 0.634. The molecular weight excluding hydrogens is 304 g/mol. The van der Waals surface area contributed by atoms with Crippen molar-refractivity contribution < 1.29 is 4.74 Å². The Labute approximate surface area is 119 Å². The van der Waals surface area contributed by atoms with E-state index in [2.05, 4.69) is 25.9 Å². The van der Waals surface area contributed by atoms with Gasteiger partial charge in [-0.25, -0.2) is 4.98 Å². The molecule has 3 rings (SSSR count). The van der Waals surface area contributed by atoms with Crippen molar-refractivity contribution in [3.05, 3.63) is 46.9 Å². The topological polar surface area (TPSA) is 37.9 Å². The first-order valence-electron chi connectivity index (χ1n) is 6.15. The van der Waals surface area contributed by atoms with E-state index in [1.54, 1.807) is 0 Å². The Hall–Kier alpha value is -1.81. The quantitative estimate of drug-likeness (QED) is 0.778. The molecular formula is C15H13BrN2O. The lowest BCUT2D eigenvalue weighted by Crippen LogP contribution is -1.94. The second kappa shape index (κ2) is 5.05. The summed E-state index contributed by atoms with van der Waals surface area (Å²) in [5.41, 5.74) is 2.95. The van der Waals surface area contributed by atoms with Gasteiger partial charge >= 0.3 is 0 Å². The van der Waals surface area contributed by atoms with E-state index >= 15 is 0 Å². The second-order valence-corrected chi connectivity index (χ2v) is 5.09.